The quantitative estimate of drug-likeness (QED) is 0.510. The Bertz CT molecular complexity index is 216. The fraction of sp³-hybridized carbons (Fsp3) is 0.647. The van der Waals surface area contributed by atoms with E-state index in [0.717, 1.165) is 11.8 Å². The standard InChI is InChI=1S/C7H8.C4H8.C4H10.C2H6/c1-7-5-3-2-4-6-7;1-4-2-3-4;1-4(2)3;1-2/h2-6H,1H3;4H,2-3H2,1H3;4H,1-3H3;1-2H3. The Morgan fingerprint density at radius 3 is 1.35 bits per heavy atom. The summed E-state index contributed by atoms with van der Waals surface area (Å²) in [6.07, 6.45) is 2.97. The summed E-state index contributed by atoms with van der Waals surface area (Å²) in [6, 6.07) is 10.3. The highest BCUT2D eigenvalue weighted by atomic mass is 14.2. The number of hydrogen-bond donors (Lipinski definition) is 0. The van der Waals surface area contributed by atoms with Gasteiger partial charge in [0.2, 0.25) is 0 Å². The lowest BCUT2D eigenvalue weighted by Gasteiger charge is -1.82. The molecular formula is C17H32. The fourth-order valence-corrected chi connectivity index (χ4v) is 0.701. The van der Waals surface area contributed by atoms with Gasteiger partial charge >= 0.3 is 0 Å². The number of benzene rings is 1. The summed E-state index contributed by atoms with van der Waals surface area (Å²) in [5.74, 6) is 1.92. The molecule has 0 amide bonds. The summed E-state index contributed by atoms with van der Waals surface area (Å²) in [5.41, 5.74) is 1.32. The minimum absolute atomic E-state index is 0.833. The average Bonchev–Trinajstić information content (AvgIpc) is 3.05. The molecule has 0 saturated heterocycles. The molecular weight excluding hydrogens is 204 g/mol. The molecule has 0 radical (unpaired) electrons. The molecule has 0 heterocycles. The van der Waals surface area contributed by atoms with Crippen LogP contribution in [0, 0.1) is 18.8 Å². The maximum Gasteiger partial charge on any atom is -0.0398 e. The predicted octanol–water partition coefficient (Wildman–Crippen LogP) is 6.10. The normalized spacial score (nSPS) is 12.2. The van der Waals surface area contributed by atoms with Gasteiger partial charge in [-0.2, -0.15) is 0 Å². The smallest absolute Gasteiger partial charge is 0.0398 e. The van der Waals surface area contributed by atoms with Crippen LogP contribution in [0.5, 0.6) is 0 Å². The van der Waals surface area contributed by atoms with Gasteiger partial charge in [-0.25, -0.2) is 0 Å². The van der Waals surface area contributed by atoms with E-state index in [9.17, 15) is 0 Å². The third-order valence-electron chi connectivity index (χ3n) is 1.81. The highest BCUT2D eigenvalue weighted by Gasteiger charge is 2.12. The van der Waals surface area contributed by atoms with Crippen LogP contribution in [0.2, 0.25) is 0 Å². The molecule has 0 aliphatic heterocycles. The maximum atomic E-state index is 2.28. The van der Waals surface area contributed by atoms with Crippen LogP contribution in [0.1, 0.15) is 59.9 Å². The van der Waals surface area contributed by atoms with E-state index in [1.54, 1.807) is 0 Å². The molecule has 1 saturated carbocycles. The van der Waals surface area contributed by atoms with Gasteiger partial charge in [0, 0.05) is 0 Å². The first-order chi connectivity index (χ1) is 8.02. The minimum Gasteiger partial charge on any atom is -0.0683 e. The van der Waals surface area contributed by atoms with E-state index in [2.05, 4.69) is 46.8 Å². The van der Waals surface area contributed by atoms with E-state index in [0.29, 0.717) is 0 Å². The highest BCUT2D eigenvalue weighted by molar-refractivity contribution is 5.11. The Kier molecular flexibility index (Phi) is 14.5. The second-order valence-electron chi connectivity index (χ2n) is 5.07. The van der Waals surface area contributed by atoms with Crippen LogP contribution in [0.3, 0.4) is 0 Å². The molecule has 2 rings (SSSR count). The van der Waals surface area contributed by atoms with Gasteiger partial charge in [-0.05, 0) is 18.8 Å². The second-order valence-corrected chi connectivity index (χ2v) is 5.07. The predicted molar refractivity (Wildman–Crippen MR) is 81.4 cm³/mol. The molecule has 0 spiro atoms. The van der Waals surface area contributed by atoms with Crippen molar-refractivity contribution in [2.45, 2.75) is 61.3 Å². The first-order valence-corrected chi connectivity index (χ1v) is 7.04. The van der Waals surface area contributed by atoms with Crippen molar-refractivity contribution in [2.75, 3.05) is 0 Å². The van der Waals surface area contributed by atoms with Crippen LogP contribution in [-0.2, 0) is 0 Å². The molecule has 17 heavy (non-hydrogen) atoms. The largest absolute Gasteiger partial charge is 0.0683 e. The summed E-state index contributed by atoms with van der Waals surface area (Å²) in [7, 11) is 0. The zero-order chi connectivity index (χ0) is 13.7. The lowest BCUT2D eigenvalue weighted by molar-refractivity contribution is 0.737. The molecule has 1 aromatic rings. The van der Waals surface area contributed by atoms with E-state index in [4.69, 9.17) is 0 Å². The van der Waals surface area contributed by atoms with Gasteiger partial charge < -0.3 is 0 Å². The first-order valence-electron chi connectivity index (χ1n) is 7.04. The average molecular weight is 236 g/mol. The zero-order valence-electron chi connectivity index (χ0n) is 13.0. The first kappa shape index (κ1) is 18.6. The van der Waals surface area contributed by atoms with E-state index >= 15 is 0 Å². The lowest BCUT2D eigenvalue weighted by Crippen LogP contribution is -1.66. The summed E-state index contributed by atoms with van der Waals surface area (Å²) in [6.45, 7) is 14.9. The Labute approximate surface area is 109 Å². The summed E-state index contributed by atoms with van der Waals surface area (Å²) < 4.78 is 0. The third kappa shape index (κ3) is 25.5. The molecule has 0 nitrogen and oxygen atoms in total. The minimum atomic E-state index is 0.833. The van der Waals surface area contributed by atoms with Crippen molar-refractivity contribution in [1.29, 1.82) is 0 Å². The highest BCUT2D eigenvalue weighted by Crippen LogP contribution is 2.26. The van der Waals surface area contributed by atoms with Gasteiger partial charge in [0.05, 0.1) is 0 Å². The maximum absolute atomic E-state index is 2.28. The van der Waals surface area contributed by atoms with E-state index in [1.165, 1.54) is 18.4 Å². The van der Waals surface area contributed by atoms with Gasteiger partial charge in [0.15, 0.2) is 0 Å². The van der Waals surface area contributed by atoms with Gasteiger partial charge in [0.25, 0.3) is 0 Å². The van der Waals surface area contributed by atoms with Crippen LogP contribution in [0.4, 0.5) is 0 Å². The number of rotatable bonds is 0. The monoisotopic (exact) mass is 236 g/mol. The van der Waals surface area contributed by atoms with Crippen molar-refractivity contribution < 1.29 is 0 Å². The third-order valence-corrected chi connectivity index (χ3v) is 1.81. The Morgan fingerprint density at radius 2 is 1.24 bits per heavy atom. The van der Waals surface area contributed by atoms with Gasteiger partial charge in [-0.15, -0.1) is 0 Å². The van der Waals surface area contributed by atoms with Crippen molar-refractivity contribution in [3.63, 3.8) is 0 Å². The van der Waals surface area contributed by atoms with Crippen LogP contribution in [0.25, 0.3) is 0 Å². The molecule has 0 bridgehead atoms. The van der Waals surface area contributed by atoms with Crippen molar-refractivity contribution in [2.24, 2.45) is 11.8 Å². The molecule has 1 aromatic carbocycles. The molecule has 0 aromatic heterocycles. The van der Waals surface area contributed by atoms with E-state index < -0.39 is 0 Å². The van der Waals surface area contributed by atoms with Crippen molar-refractivity contribution >= 4 is 0 Å². The van der Waals surface area contributed by atoms with E-state index in [-0.39, 0.29) is 0 Å². The molecule has 1 aliphatic carbocycles. The molecule has 1 fully saturated rings. The van der Waals surface area contributed by atoms with Crippen LogP contribution in [0.15, 0.2) is 30.3 Å². The van der Waals surface area contributed by atoms with Crippen LogP contribution >= 0.6 is 0 Å². The molecule has 0 atom stereocenters. The van der Waals surface area contributed by atoms with Crippen LogP contribution in [-0.4, -0.2) is 0 Å². The second kappa shape index (κ2) is 13.3. The molecule has 0 unspecified atom stereocenters. The SMILES string of the molecule is CC.CC(C)C.CC1CC1.Cc1ccccc1. The Balaban J connectivity index is 0. The van der Waals surface area contributed by atoms with Gasteiger partial charge in [0.1, 0.15) is 0 Å². The van der Waals surface area contributed by atoms with Crippen molar-refractivity contribution in [1.82, 2.24) is 0 Å². The van der Waals surface area contributed by atoms with E-state index in [1.807, 2.05) is 32.0 Å². The topological polar surface area (TPSA) is 0 Å². The Morgan fingerprint density at radius 1 is 0.941 bits per heavy atom. The molecule has 1 aliphatic rings. The van der Waals surface area contributed by atoms with Gasteiger partial charge in [-0.3, -0.25) is 0 Å². The van der Waals surface area contributed by atoms with Crippen molar-refractivity contribution in [3.05, 3.63) is 35.9 Å². The molecule has 0 N–H and O–H groups in total. The molecule has 100 valence electrons. The van der Waals surface area contributed by atoms with Crippen molar-refractivity contribution in [3.8, 4) is 0 Å². The number of hydrogen-bond acceptors (Lipinski definition) is 0. The zero-order valence-corrected chi connectivity index (χ0v) is 13.0. The van der Waals surface area contributed by atoms with Gasteiger partial charge in [-0.1, -0.05) is 90.3 Å². The summed E-state index contributed by atoms with van der Waals surface area (Å²) >= 11 is 0. The number of aryl methyl sites for hydroxylation is 1. The molecule has 0 heteroatoms. The fourth-order valence-electron chi connectivity index (χ4n) is 0.701. The van der Waals surface area contributed by atoms with Crippen LogP contribution < -0.4 is 0 Å². The summed E-state index contributed by atoms with van der Waals surface area (Å²) in [4.78, 5) is 0. The lowest BCUT2D eigenvalue weighted by atomic mass is 10.2. The Hall–Kier alpha value is -0.780. The summed E-state index contributed by atoms with van der Waals surface area (Å²) in [5, 5.41) is 0.